The molecule has 0 radical (unpaired) electrons. The zero-order chi connectivity index (χ0) is 12.8. The molecule has 0 aromatic carbocycles. The molecule has 1 aromatic heterocycles. The van der Waals surface area contributed by atoms with Crippen molar-refractivity contribution in [3.05, 3.63) is 18.2 Å². The number of hydrogen-bond donors (Lipinski definition) is 3. The molecular weight excluding hydrogens is 216 g/mol. The third-order valence-electron chi connectivity index (χ3n) is 3.28. The first kappa shape index (κ1) is 14.2. The van der Waals surface area contributed by atoms with Crippen LogP contribution in [0.5, 0.6) is 0 Å². The van der Waals surface area contributed by atoms with Crippen LogP contribution in [-0.2, 0) is 6.54 Å². The van der Waals surface area contributed by atoms with Crippen molar-refractivity contribution in [1.82, 2.24) is 14.9 Å². The smallest absolute Gasteiger partial charge is 0.0948 e. The van der Waals surface area contributed by atoms with Crippen LogP contribution in [-0.4, -0.2) is 33.9 Å². The van der Waals surface area contributed by atoms with Gasteiger partial charge in [0.15, 0.2) is 0 Å². The highest BCUT2D eigenvalue weighted by molar-refractivity contribution is 5.06. The highest BCUT2D eigenvalue weighted by Crippen LogP contribution is 2.14. The van der Waals surface area contributed by atoms with Gasteiger partial charge in [-0.15, -0.1) is 0 Å². The van der Waals surface area contributed by atoms with Crippen molar-refractivity contribution >= 4 is 0 Å². The van der Waals surface area contributed by atoms with E-state index in [2.05, 4.69) is 28.7 Å². The second kappa shape index (κ2) is 6.74. The van der Waals surface area contributed by atoms with Crippen LogP contribution in [0.3, 0.4) is 0 Å². The predicted molar refractivity (Wildman–Crippen MR) is 68.5 cm³/mol. The molecule has 17 heavy (non-hydrogen) atoms. The van der Waals surface area contributed by atoms with Gasteiger partial charge in [-0.1, -0.05) is 6.92 Å². The van der Waals surface area contributed by atoms with Crippen molar-refractivity contribution in [2.24, 2.45) is 11.7 Å². The van der Waals surface area contributed by atoms with Crippen molar-refractivity contribution < 1.29 is 5.11 Å². The highest BCUT2D eigenvalue weighted by atomic mass is 16.3. The maximum absolute atomic E-state index is 9.13. The highest BCUT2D eigenvalue weighted by Gasteiger charge is 2.19. The number of hydrogen-bond acceptors (Lipinski definition) is 4. The summed E-state index contributed by atoms with van der Waals surface area (Å²) >= 11 is 0. The second-order valence-corrected chi connectivity index (χ2v) is 4.51. The molecule has 3 atom stereocenters. The molecule has 0 amide bonds. The number of imidazole rings is 1. The van der Waals surface area contributed by atoms with Gasteiger partial charge in [0, 0.05) is 31.9 Å². The minimum absolute atomic E-state index is 0.0847. The Morgan fingerprint density at radius 2 is 2.24 bits per heavy atom. The van der Waals surface area contributed by atoms with Crippen molar-refractivity contribution in [3.63, 3.8) is 0 Å². The third-order valence-corrected chi connectivity index (χ3v) is 3.28. The van der Waals surface area contributed by atoms with Crippen molar-refractivity contribution in [1.29, 1.82) is 0 Å². The zero-order valence-corrected chi connectivity index (χ0v) is 10.9. The summed E-state index contributed by atoms with van der Waals surface area (Å²) < 4.78 is 2.08. The van der Waals surface area contributed by atoms with Gasteiger partial charge in [-0.3, -0.25) is 0 Å². The topological polar surface area (TPSA) is 76.1 Å². The molecule has 4 N–H and O–H groups in total. The van der Waals surface area contributed by atoms with Gasteiger partial charge in [-0.2, -0.15) is 0 Å². The fraction of sp³-hybridized carbons (Fsp3) is 0.750. The minimum atomic E-state index is 0.0847. The Morgan fingerprint density at radius 3 is 2.76 bits per heavy atom. The Kier molecular flexibility index (Phi) is 5.61. The lowest BCUT2D eigenvalue weighted by Crippen LogP contribution is -2.40. The summed E-state index contributed by atoms with van der Waals surface area (Å²) in [7, 11) is 0. The molecule has 0 saturated carbocycles. The molecule has 0 aliphatic rings. The number of aromatic nitrogens is 2. The van der Waals surface area contributed by atoms with E-state index >= 15 is 0 Å². The molecule has 0 fully saturated rings. The standard InChI is InChI=1S/C12H24N4O/c1-4-16-8-14-6-12(16)11(5-13)15-10(3)9(2)7-17/h6,8-11,15,17H,4-5,7,13H2,1-3H3. The summed E-state index contributed by atoms with van der Waals surface area (Å²) in [6.07, 6.45) is 3.67. The van der Waals surface area contributed by atoms with Gasteiger partial charge in [0.2, 0.25) is 0 Å². The fourth-order valence-electron chi connectivity index (χ4n) is 1.80. The Bertz CT molecular complexity index is 326. The number of nitrogens with zero attached hydrogens (tertiary/aromatic N) is 2. The average Bonchev–Trinajstić information content (AvgIpc) is 2.82. The Hall–Kier alpha value is -0.910. The first-order valence-corrected chi connectivity index (χ1v) is 6.21. The summed E-state index contributed by atoms with van der Waals surface area (Å²) in [4.78, 5) is 4.15. The maximum Gasteiger partial charge on any atom is 0.0948 e. The summed E-state index contributed by atoms with van der Waals surface area (Å²) in [5.41, 5.74) is 6.92. The van der Waals surface area contributed by atoms with E-state index in [1.54, 1.807) is 0 Å². The van der Waals surface area contributed by atoms with Crippen LogP contribution in [0.4, 0.5) is 0 Å². The van der Waals surface area contributed by atoms with Crippen LogP contribution in [0.1, 0.15) is 32.5 Å². The van der Waals surface area contributed by atoms with E-state index in [-0.39, 0.29) is 24.6 Å². The monoisotopic (exact) mass is 240 g/mol. The first-order valence-electron chi connectivity index (χ1n) is 6.21. The Labute approximate surface area is 103 Å². The van der Waals surface area contributed by atoms with E-state index in [1.165, 1.54) is 0 Å². The molecular formula is C12H24N4O. The fourth-order valence-corrected chi connectivity index (χ4v) is 1.80. The van der Waals surface area contributed by atoms with Gasteiger partial charge in [0.05, 0.1) is 18.1 Å². The quantitative estimate of drug-likeness (QED) is 0.649. The molecule has 3 unspecified atom stereocenters. The first-order chi connectivity index (χ1) is 8.13. The lowest BCUT2D eigenvalue weighted by molar-refractivity contribution is 0.200. The molecule has 0 aliphatic heterocycles. The van der Waals surface area contributed by atoms with Crippen LogP contribution in [0.2, 0.25) is 0 Å². The van der Waals surface area contributed by atoms with Crippen LogP contribution < -0.4 is 11.1 Å². The molecule has 0 aliphatic carbocycles. The predicted octanol–water partition coefficient (Wildman–Crippen LogP) is 0.509. The summed E-state index contributed by atoms with van der Waals surface area (Å²) in [6.45, 7) is 7.75. The van der Waals surface area contributed by atoms with Gasteiger partial charge in [-0.25, -0.2) is 4.98 Å². The molecule has 1 aromatic rings. The molecule has 0 spiro atoms. The number of aliphatic hydroxyl groups is 1. The van der Waals surface area contributed by atoms with Crippen LogP contribution in [0, 0.1) is 5.92 Å². The van der Waals surface area contributed by atoms with Gasteiger partial charge < -0.3 is 20.7 Å². The van der Waals surface area contributed by atoms with Crippen molar-refractivity contribution in [2.75, 3.05) is 13.2 Å². The van der Waals surface area contributed by atoms with E-state index < -0.39 is 0 Å². The van der Waals surface area contributed by atoms with Crippen LogP contribution in [0.25, 0.3) is 0 Å². The number of nitrogens with two attached hydrogens (primary N) is 1. The lowest BCUT2D eigenvalue weighted by atomic mass is 10.0. The average molecular weight is 240 g/mol. The van der Waals surface area contributed by atoms with E-state index in [0.717, 1.165) is 12.2 Å². The van der Waals surface area contributed by atoms with Crippen molar-refractivity contribution in [2.45, 2.75) is 39.4 Å². The van der Waals surface area contributed by atoms with E-state index in [0.29, 0.717) is 6.54 Å². The normalized spacial score (nSPS) is 16.8. The summed E-state index contributed by atoms with van der Waals surface area (Å²) in [5.74, 6) is 0.210. The van der Waals surface area contributed by atoms with Gasteiger partial charge >= 0.3 is 0 Å². The molecule has 98 valence electrons. The molecule has 5 nitrogen and oxygen atoms in total. The zero-order valence-electron chi connectivity index (χ0n) is 10.9. The largest absolute Gasteiger partial charge is 0.396 e. The van der Waals surface area contributed by atoms with Gasteiger partial charge in [-0.05, 0) is 19.8 Å². The summed E-state index contributed by atoms with van der Waals surface area (Å²) in [6, 6.07) is 0.301. The minimum Gasteiger partial charge on any atom is -0.396 e. The van der Waals surface area contributed by atoms with Crippen LogP contribution >= 0.6 is 0 Å². The summed E-state index contributed by atoms with van der Waals surface area (Å²) in [5, 5.41) is 12.6. The van der Waals surface area contributed by atoms with Gasteiger partial charge in [0.1, 0.15) is 0 Å². The maximum atomic E-state index is 9.13. The molecule has 5 heteroatoms. The van der Waals surface area contributed by atoms with Crippen molar-refractivity contribution in [3.8, 4) is 0 Å². The number of rotatable bonds is 7. The molecule has 0 bridgehead atoms. The Balaban J connectivity index is 2.72. The second-order valence-electron chi connectivity index (χ2n) is 4.51. The van der Waals surface area contributed by atoms with E-state index in [9.17, 15) is 0 Å². The number of nitrogens with one attached hydrogen (secondary N) is 1. The third kappa shape index (κ3) is 3.52. The lowest BCUT2D eigenvalue weighted by Gasteiger charge is -2.26. The number of aryl methyl sites for hydroxylation is 1. The SMILES string of the molecule is CCn1cncc1C(CN)NC(C)C(C)CO. The van der Waals surface area contributed by atoms with Gasteiger partial charge in [0.25, 0.3) is 0 Å². The molecule has 0 saturated heterocycles. The molecule has 1 rings (SSSR count). The number of aliphatic hydroxyl groups excluding tert-OH is 1. The van der Waals surface area contributed by atoms with E-state index in [1.807, 2.05) is 19.4 Å². The molecule has 1 heterocycles. The van der Waals surface area contributed by atoms with E-state index in [4.69, 9.17) is 10.8 Å². The van der Waals surface area contributed by atoms with Crippen LogP contribution in [0.15, 0.2) is 12.5 Å². The Morgan fingerprint density at radius 1 is 1.53 bits per heavy atom.